The number of ether oxygens (including phenoxy) is 2. The summed E-state index contributed by atoms with van der Waals surface area (Å²) in [6.45, 7) is 1.03. The molecule has 0 bridgehead atoms. The molecule has 0 unspecified atom stereocenters. The average molecular weight is 327 g/mol. The Kier molecular flexibility index (Phi) is 5.34. The highest BCUT2D eigenvalue weighted by Gasteiger charge is 2.25. The van der Waals surface area contributed by atoms with Gasteiger partial charge in [0.15, 0.2) is 23.6 Å². The van der Waals surface area contributed by atoms with Gasteiger partial charge in [-0.05, 0) is 48.5 Å². The zero-order valence-corrected chi connectivity index (χ0v) is 13.6. The molecule has 3 nitrogen and oxygen atoms in total. The summed E-state index contributed by atoms with van der Waals surface area (Å²) in [6, 6.07) is 15.4. The van der Waals surface area contributed by atoms with Crippen molar-refractivity contribution in [2.24, 2.45) is 0 Å². The maximum absolute atomic E-state index is 6.39. The quantitative estimate of drug-likeness (QED) is 0.726. The third-order valence-electron chi connectivity index (χ3n) is 3.15. The maximum atomic E-state index is 6.39. The zero-order valence-electron chi connectivity index (χ0n) is 12.1. The van der Waals surface area contributed by atoms with Crippen LogP contribution in [0.15, 0.2) is 48.5 Å². The van der Waals surface area contributed by atoms with Crippen LogP contribution in [0.1, 0.15) is 11.1 Å². The Morgan fingerprint density at radius 1 is 0.714 bits per heavy atom. The third-order valence-corrected chi connectivity index (χ3v) is 3.62. The van der Waals surface area contributed by atoms with Gasteiger partial charge in [-0.1, -0.05) is 0 Å². The second kappa shape index (κ2) is 7.03. The van der Waals surface area contributed by atoms with Gasteiger partial charge < -0.3 is 9.47 Å². The van der Waals surface area contributed by atoms with Gasteiger partial charge in [-0.2, -0.15) is 0 Å². The number of hydrogen-bond acceptors (Lipinski definition) is 2. The zero-order chi connectivity index (χ0) is 15.3. The van der Waals surface area contributed by atoms with Gasteiger partial charge in [0.1, 0.15) is 24.6 Å². The summed E-state index contributed by atoms with van der Waals surface area (Å²) in [4.78, 5) is 0. The average Bonchev–Trinajstić information content (AvgIpc) is 2.48. The summed E-state index contributed by atoms with van der Waals surface area (Å²) in [6.07, 6.45) is 0. The van der Waals surface area contributed by atoms with Gasteiger partial charge in [0.25, 0.3) is 0 Å². The normalized spacial score (nSPS) is 11.2. The van der Waals surface area contributed by atoms with Gasteiger partial charge in [0.05, 0.1) is 14.2 Å². The maximum Gasteiger partial charge on any atom is 0.187 e. The minimum Gasteiger partial charge on any atom is -0.497 e. The first-order chi connectivity index (χ1) is 10.0. The monoisotopic (exact) mass is 326 g/mol. The molecular formula is C16H18Cl2NO2+. The van der Waals surface area contributed by atoms with E-state index < -0.39 is 0 Å². The molecule has 2 aromatic carbocycles. The minimum atomic E-state index is -0.154. The van der Waals surface area contributed by atoms with Gasteiger partial charge in [-0.15, -0.1) is 3.52 Å². The molecule has 112 valence electrons. The SMILES string of the molecule is COc1ccc(C[N+](Cl)(Cl)Cc2ccc(OC)cc2)cc1. The minimum absolute atomic E-state index is 0.154. The van der Waals surface area contributed by atoms with Crippen molar-refractivity contribution in [3.05, 3.63) is 59.7 Å². The van der Waals surface area contributed by atoms with E-state index in [1.807, 2.05) is 48.5 Å². The Balaban J connectivity index is 2.02. The summed E-state index contributed by atoms with van der Waals surface area (Å²) < 4.78 is 10.1. The first-order valence-corrected chi connectivity index (χ1v) is 7.22. The summed E-state index contributed by atoms with van der Waals surface area (Å²) >= 11 is 12.8. The molecule has 0 amide bonds. The molecule has 0 aliphatic heterocycles. The van der Waals surface area contributed by atoms with Gasteiger partial charge >= 0.3 is 0 Å². The lowest BCUT2D eigenvalue weighted by Gasteiger charge is -2.19. The van der Waals surface area contributed by atoms with Crippen molar-refractivity contribution in [3.8, 4) is 11.5 Å². The highest BCUT2D eigenvalue weighted by Crippen LogP contribution is 2.28. The molecule has 0 aliphatic carbocycles. The van der Waals surface area contributed by atoms with Crippen LogP contribution in [0.25, 0.3) is 0 Å². The van der Waals surface area contributed by atoms with E-state index in [9.17, 15) is 0 Å². The van der Waals surface area contributed by atoms with E-state index in [1.54, 1.807) is 14.2 Å². The van der Waals surface area contributed by atoms with Gasteiger partial charge in [-0.25, -0.2) is 0 Å². The van der Waals surface area contributed by atoms with Crippen LogP contribution in [0.3, 0.4) is 0 Å². The van der Waals surface area contributed by atoms with Crippen LogP contribution in [0.5, 0.6) is 11.5 Å². The van der Waals surface area contributed by atoms with Crippen LogP contribution >= 0.6 is 23.6 Å². The second-order valence-corrected chi connectivity index (χ2v) is 6.25. The number of rotatable bonds is 6. The van der Waals surface area contributed by atoms with E-state index in [4.69, 9.17) is 33.0 Å². The second-order valence-electron chi connectivity index (χ2n) is 4.78. The molecule has 2 rings (SSSR count). The first-order valence-electron chi connectivity index (χ1n) is 6.55. The predicted octanol–water partition coefficient (Wildman–Crippen LogP) is 4.53. The lowest BCUT2D eigenvalue weighted by atomic mass is 10.2. The molecule has 0 aliphatic rings. The lowest BCUT2D eigenvalue weighted by Crippen LogP contribution is -2.25. The number of halogens is 2. The van der Waals surface area contributed by atoms with Crippen LogP contribution < -0.4 is 9.47 Å². The number of benzene rings is 2. The van der Waals surface area contributed by atoms with Crippen molar-refractivity contribution in [3.63, 3.8) is 0 Å². The number of hydrogen-bond donors (Lipinski definition) is 0. The summed E-state index contributed by atoms with van der Waals surface area (Å²) in [5.74, 6) is 1.63. The van der Waals surface area contributed by atoms with E-state index in [0.717, 1.165) is 22.6 Å². The number of nitrogens with zero attached hydrogens (tertiary/aromatic N) is 1. The lowest BCUT2D eigenvalue weighted by molar-refractivity contribution is -0.721. The molecule has 0 saturated heterocycles. The van der Waals surface area contributed by atoms with Crippen LogP contribution in [0.4, 0.5) is 0 Å². The fourth-order valence-electron chi connectivity index (χ4n) is 2.05. The molecule has 0 aromatic heterocycles. The smallest absolute Gasteiger partial charge is 0.187 e. The van der Waals surface area contributed by atoms with Crippen LogP contribution in [0, 0.1) is 0 Å². The molecule has 0 heterocycles. The van der Waals surface area contributed by atoms with Gasteiger partial charge in [0.2, 0.25) is 0 Å². The summed E-state index contributed by atoms with van der Waals surface area (Å²) in [5, 5.41) is 0. The van der Waals surface area contributed by atoms with Crippen LogP contribution in [-0.4, -0.2) is 17.7 Å². The van der Waals surface area contributed by atoms with Crippen molar-refractivity contribution >= 4 is 23.6 Å². The Labute approximate surface area is 135 Å². The van der Waals surface area contributed by atoms with Crippen molar-refractivity contribution in [2.75, 3.05) is 14.2 Å². The highest BCUT2D eigenvalue weighted by atomic mass is 35.5. The molecule has 21 heavy (non-hydrogen) atoms. The molecule has 2 aromatic rings. The van der Waals surface area contributed by atoms with E-state index in [2.05, 4.69) is 0 Å². The third kappa shape index (κ3) is 4.81. The Bertz CT molecular complexity index is 516. The molecule has 0 saturated carbocycles. The highest BCUT2D eigenvalue weighted by molar-refractivity contribution is 6.23. The summed E-state index contributed by atoms with van der Waals surface area (Å²) in [7, 11) is 3.28. The largest absolute Gasteiger partial charge is 0.497 e. The Morgan fingerprint density at radius 2 is 1.05 bits per heavy atom. The topological polar surface area (TPSA) is 18.5 Å². The standard InChI is InChI=1S/C16H18Cl2NO2/c1-20-15-7-3-13(4-8-15)11-19(17,18)12-14-5-9-16(21-2)10-6-14/h3-10H,11-12H2,1-2H3/q+1. The molecule has 0 spiro atoms. The van der Waals surface area contributed by atoms with E-state index in [0.29, 0.717) is 13.1 Å². The molecule has 0 N–H and O–H groups in total. The number of methoxy groups -OCH3 is 2. The van der Waals surface area contributed by atoms with Crippen molar-refractivity contribution in [1.82, 2.24) is 0 Å². The van der Waals surface area contributed by atoms with Crippen molar-refractivity contribution < 1.29 is 13.0 Å². The predicted molar refractivity (Wildman–Crippen MR) is 85.4 cm³/mol. The molecule has 0 radical (unpaired) electrons. The molecule has 5 heteroatoms. The van der Waals surface area contributed by atoms with Crippen molar-refractivity contribution in [2.45, 2.75) is 13.1 Å². The number of quaternary nitrogens is 1. The molecular weight excluding hydrogens is 309 g/mol. The fourth-order valence-corrected chi connectivity index (χ4v) is 2.60. The summed E-state index contributed by atoms with van der Waals surface area (Å²) in [5.41, 5.74) is 2.10. The molecule has 0 fully saturated rings. The van der Waals surface area contributed by atoms with Crippen molar-refractivity contribution in [1.29, 1.82) is 0 Å². The van der Waals surface area contributed by atoms with Crippen LogP contribution in [0.2, 0.25) is 0 Å². The van der Waals surface area contributed by atoms with Gasteiger partial charge in [-0.3, -0.25) is 0 Å². The first kappa shape index (κ1) is 16.0. The van der Waals surface area contributed by atoms with Gasteiger partial charge in [0, 0.05) is 11.1 Å². The van der Waals surface area contributed by atoms with E-state index in [-0.39, 0.29) is 3.52 Å². The van der Waals surface area contributed by atoms with Crippen LogP contribution in [-0.2, 0) is 13.1 Å². The Morgan fingerprint density at radius 3 is 1.33 bits per heavy atom. The van der Waals surface area contributed by atoms with E-state index >= 15 is 0 Å². The Hall–Kier alpha value is -1.42. The molecule has 0 atom stereocenters. The van der Waals surface area contributed by atoms with E-state index in [1.165, 1.54) is 0 Å². The fraction of sp³-hybridized carbons (Fsp3) is 0.250.